The molecule has 1 saturated carbocycles. The number of aromatic amines is 1. The van der Waals surface area contributed by atoms with Gasteiger partial charge in [0.1, 0.15) is 0 Å². The van der Waals surface area contributed by atoms with Gasteiger partial charge in [0, 0.05) is 18.7 Å². The van der Waals surface area contributed by atoms with Gasteiger partial charge in [-0.1, -0.05) is 0 Å². The highest BCUT2D eigenvalue weighted by Gasteiger charge is 2.33. The lowest BCUT2D eigenvalue weighted by Gasteiger charge is -2.35. The van der Waals surface area contributed by atoms with Crippen LogP contribution in [-0.2, 0) is 6.54 Å². The van der Waals surface area contributed by atoms with Gasteiger partial charge in [0.25, 0.3) is 12.3 Å². The van der Waals surface area contributed by atoms with E-state index in [-0.39, 0.29) is 11.6 Å². The zero-order valence-corrected chi connectivity index (χ0v) is 13.9. The van der Waals surface area contributed by atoms with Gasteiger partial charge in [-0.15, -0.1) is 0 Å². The highest BCUT2D eigenvalue weighted by Crippen LogP contribution is 2.31. The average Bonchev–Trinajstić information content (AvgIpc) is 3.37. The summed E-state index contributed by atoms with van der Waals surface area (Å²) in [6.45, 7) is 1.04. The van der Waals surface area contributed by atoms with E-state index in [0.717, 1.165) is 31.2 Å². The van der Waals surface area contributed by atoms with Crippen LogP contribution in [0.1, 0.15) is 42.5 Å². The Kier molecular flexibility index (Phi) is 4.09. The van der Waals surface area contributed by atoms with Crippen LogP contribution in [0.4, 0.5) is 8.78 Å². The van der Waals surface area contributed by atoms with Crippen LogP contribution in [0.25, 0.3) is 11.0 Å². The minimum Gasteiger partial charge on any atom is -0.330 e. The Morgan fingerprint density at radius 3 is 2.76 bits per heavy atom. The first-order valence-electron chi connectivity index (χ1n) is 8.86. The first kappa shape index (κ1) is 16.3. The van der Waals surface area contributed by atoms with Crippen molar-refractivity contribution < 1.29 is 13.6 Å². The molecule has 25 heavy (non-hydrogen) atoms. The van der Waals surface area contributed by atoms with E-state index in [0.29, 0.717) is 36.5 Å². The summed E-state index contributed by atoms with van der Waals surface area (Å²) in [6.07, 6.45) is 1.54. The van der Waals surface area contributed by atoms with Crippen molar-refractivity contribution in [1.82, 2.24) is 14.5 Å². The fourth-order valence-corrected chi connectivity index (χ4v) is 3.67. The molecule has 0 radical (unpaired) electrons. The van der Waals surface area contributed by atoms with Gasteiger partial charge in [0.15, 0.2) is 0 Å². The molecule has 1 aromatic heterocycles. The number of carbonyl (C=O) groups is 1. The van der Waals surface area contributed by atoms with E-state index in [1.54, 1.807) is 22.8 Å². The molecule has 7 heteroatoms. The molecule has 2 aliphatic rings. The third kappa shape index (κ3) is 3.07. The number of halogens is 2. The summed E-state index contributed by atoms with van der Waals surface area (Å²) < 4.78 is 28.2. The molecule has 0 spiro atoms. The highest BCUT2D eigenvalue weighted by atomic mass is 19.3. The van der Waals surface area contributed by atoms with E-state index in [2.05, 4.69) is 4.98 Å². The van der Waals surface area contributed by atoms with Gasteiger partial charge >= 0.3 is 5.69 Å². The number of hydrogen-bond donors (Lipinski definition) is 1. The van der Waals surface area contributed by atoms with Crippen LogP contribution in [0.3, 0.4) is 0 Å². The number of fused-ring (bicyclic) bond motifs is 1. The van der Waals surface area contributed by atoms with Crippen LogP contribution in [0.15, 0.2) is 23.0 Å². The first-order chi connectivity index (χ1) is 12.0. The fourth-order valence-electron chi connectivity index (χ4n) is 3.67. The molecule has 1 aliphatic carbocycles. The number of carbonyl (C=O) groups excluding carboxylic acids is 1. The number of nitrogens with one attached hydrogen (secondary N) is 1. The zero-order valence-electron chi connectivity index (χ0n) is 13.9. The smallest absolute Gasteiger partial charge is 0.326 e. The standard InChI is InChI=1S/C18H21F2N3O2/c19-16(20)15-3-1-2-8-22(15)17(24)12-6-7-14-13(9-12)21-18(25)23(14)10-11-4-5-11/h6-7,9,11,15-16H,1-5,8,10H2,(H,21,25). The summed E-state index contributed by atoms with van der Waals surface area (Å²) in [5, 5.41) is 0. The van der Waals surface area contributed by atoms with E-state index in [1.807, 2.05) is 0 Å². The second-order valence-corrected chi connectivity index (χ2v) is 7.11. The summed E-state index contributed by atoms with van der Waals surface area (Å²) in [5.74, 6) is 0.167. The lowest BCUT2D eigenvalue weighted by Crippen LogP contribution is -2.47. The van der Waals surface area contributed by atoms with Crippen molar-refractivity contribution in [3.8, 4) is 0 Å². The molecule has 2 aromatic rings. The second kappa shape index (κ2) is 6.28. The number of likely N-dealkylation sites (tertiary alicyclic amines) is 1. The van der Waals surface area contributed by atoms with Crippen molar-refractivity contribution in [2.75, 3.05) is 6.54 Å². The molecule has 1 unspecified atom stereocenters. The van der Waals surface area contributed by atoms with E-state index in [1.165, 1.54) is 4.90 Å². The zero-order chi connectivity index (χ0) is 17.6. The molecule has 2 heterocycles. The van der Waals surface area contributed by atoms with Crippen molar-refractivity contribution >= 4 is 16.9 Å². The van der Waals surface area contributed by atoms with Crippen LogP contribution in [0.2, 0.25) is 0 Å². The van der Waals surface area contributed by atoms with Gasteiger partial charge in [-0.25, -0.2) is 13.6 Å². The topological polar surface area (TPSA) is 58.1 Å². The Morgan fingerprint density at radius 1 is 1.24 bits per heavy atom. The molecule has 2 fully saturated rings. The molecule has 1 amide bonds. The number of alkyl halides is 2. The maximum absolute atomic E-state index is 13.2. The van der Waals surface area contributed by atoms with Crippen LogP contribution >= 0.6 is 0 Å². The summed E-state index contributed by atoms with van der Waals surface area (Å²) in [5.41, 5.74) is 1.51. The van der Waals surface area contributed by atoms with Crippen LogP contribution < -0.4 is 5.69 Å². The summed E-state index contributed by atoms with van der Waals surface area (Å²) in [4.78, 5) is 28.9. The van der Waals surface area contributed by atoms with Gasteiger partial charge in [-0.2, -0.15) is 0 Å². The maximum atomic E-state index is 13.2. The van der Waals surface area contributed by atoms with Crippen LogP contribution in [0.5, 0.6) is 0 Å². The molecule has 1 saturated heterocycles. The van der Waals surface area contributed by atoms with E-state index in [4.69, 9.17) is 0 Å². The second-order valence-electron chi connectivity index (χ2n) is 7.11. The molecule has 1 aromatic carbocycles. The van der Waals surface area contributed by atoms with Gasteiger partial charge in [-0.3, -0.25) is 9.36 Å². The minimum atomic E-state index is -2.53. The SMILES string of the molecule is O=C(c1ccc2c(c1)[nH]c(=O)n2CC1CC1)N1CCCCC1C(F)F. The minimum absolute atomic E-state index is 0.185. The molecule has 1 atom stereocenters. The molecule has 1 N–H and O–H groups in total. The van der Waals surface area contributed by atoms with Gasteiger partial charge in [0.2, 0.25) is 0 Å². The Morgan fingerprint density at radius 2 is 2.04 bits per heavy atom. The number of rotatable bonds is 4. The van der Waals surface area contributed by atoms with Crippen molar-refractivity contribution in [3.05, 3.63) is 34.2 Å². The normalized spacial score (nSPS) is 21.2. The lowest BCUT2D eigenvalue weighted by atomic mass is 10.0. The van der Waals surface area contributed by atoms with E-state index in [9.17, 15) is 18.4 Å². The number of benzene rings is 1. The summed E-state index contributed by atoms with van der Waals surface area (Å²) in [7, 11) is 0. The van der Waals surface area contributed by atoms with Crippen LogP contribution in [0, 0.1) is 5.92 Å². The summed E-state index contributed by atoms with van der Waals surface area (Å²) in [6, 6.07) is 3.97. The molecule has 134 valence electrons. The molecule has 1 aliphatic heterocycles. The van der Waals surface area contributed by atoms with E-state index >= 15 is 0 Å². The number of nitrogens with zero attached hydrogens (tertiary/aromatic N) is 2. The fraction of sp³-hybridized carbons (Fsp3) is 0.556. The quantitative estimate of drug-likeness (QED) is 0.922. The monoisotopic (exact) mass is 349 g/mol. The average molecular weight is 349 g/mol. The van der Waals surface area contributed by atoms with Crippen molar-refractivity contribution in [2.45, 2.75) is 51.1 Å². The summed E-state index contributed by atoms with van der Waals surface area (Å²) >= 11 is 0. The Balaban J connectivity index is 1.64. The molecule has 5 nitrogen and oxygen atoms in total. The Bertz CT molecular complexity index is 854. The molecule has 0 bridgehead atoms. The number of hydrogen-bond acceptors (Lipinski definition) is 2. The Labute approximate surface area is 143 Å². The first-order valence-corrected chi connectivity index (χ1v) is 8.86. The number of H-pyrrole nitrogens is 1. The van der Waals surface area contributed by atoms with Crippen molar-refractivity contribution in [1.29, 1.82) is 0 Å². The Hall–Kier alpha value is -2.18. The van der Waals surface area contributed by atoms with Crippen LogP contribution in [-0.4, -0.2) is 39.4 Å². The molecular weight excluding hydrogens is 328 g/mol. The van der Waals surface area contributed by atoms with Gasteiger partial charge in [0.05, 0.1) is 17.1 Å². The molecule has 4 rings (SSSR count). The van der Waals surface area contributed by atoms with Gasteiger partial charge < -0.3 is 9.88 Å². The third-order valence-electron chi connectivity index (χ3n) is 5.26. The number of aromatic nitrogens is 2. The van der Waals surface area contributed by atoms with Crippen molar-refractivity contribution in [3.63, 3.8) is 0 Å². The van der Waals surface area contributed by atoms with E-state index < -0.39 is 12.5 Å². The largest absolute Gasteiger partial charge is 0.330 e. The number of piperidine rings is 1. The number of amides is 1. The third-order valence-corrected chi connectivity index (χ3v) is 5.26. The highest BCUT2D eigenvalue weighted by molar-refractivity contribution is 5.97. The van der Waals surface area contributed by atoms with Crippen molar-refractivity contribution in [2.24, 2.45) is 5.92 Å². The lowest BCUT2D eigenvalue weighted by molar-refractivity contribution is 0.00685. The van der Waals surface area contributed by atoms with Gasteiger partial charge in [-0.05, 0) is 56.2 Å². The molecular formula is C18H21F2N3O2. The maximum Gasteiger partial charge on any atom is 0.326 e. The predicted molar refractivity (Wildman–Crippen MR) is 90.0 cm³/mol. The number of imidazole rings is 1. The predicted octanol–water partition coefficient (Wildman–Crippen LogP) is 3.00.